The molecule has 3 aromatic rings. The van der Waals surface area contributed by atoms with E-state index in [0.717, 1.165) is 11.4 Å². The van der Waals surface area contributed by atoms with E-state index in [2.05, 4.69) is 20.7 Å². The van der Waals surface area contributed by atoms with Crippen LogP contribution in [0.25, 0.3) is 11.7 Å². The highest BCUT2D eigenvalue weighted by atomic mass is 16.5. The Kier molecular flexibility index (Phi) is 4.52. The lowest BCUT2D eigenvalue weighted by atomic mass is 10.1. The number of aromatic nitrogens is 3. The van der Waals surface area contributed by atoms with E-state index in [1.807, 2.05) is 38.1 Å². The van der Waals surface area contributed by atoms with Gasteiger partial charge in [-0.3, -0.25) is 14.9 Å². The lowest BCUT2D eigenvalue weighted by Crippen LogP contribution is -2.19. The summed E-state index contributed by atoms with van der Waals surface area (Å²) in [5.74, 6) is 0.723. The smallest absolute Gasteiger partial charge is 0.254 e. The van der Waals surface area contributed by atoms with Gasteiger partial charge in [-0.25, -0.2) is 9.50 Å². The van der Waals surface area contributed by atoms with Crippen molar-refractivity contribution in [3.8, 4) is 5.75 Å². The first kappa shape index (κ1) is 17.7. The predicted octanol–water partition coefficient (Wildman–Crippen LogP) is 2.69. The number of hydrogen-bond acceptors (Lipinski definition) is 6. The number of ether oxygens (including phenoxy) is 1. The second-order valence-corrected chi connectivity index (χ2v) is 6.72. The summed E-state index contributed by atoms with van der Waals surface area (Å²) in [7, 11) is 0. The molecule has 1 saturated heterocycles. The van der Waals surface area contributed by atoms with Gasteiger partial charge in [-0.05, 0) is 38.1 Å². The molecule has 1 aromatic carbocycles. The van der Waals surface area contributed by atoms with Gasteiger partial charge in [0.05, 0.1) is 18.7 Å². The van der Waals surface area contributed by atoms with Crippen LogP contribution in [0.5, 0.6) is 5.75 Å². The van der Waals surface area contributed by atoms with E-state index in [4.69, 9.17) is 4.74 Å². The van der Waals surface area contributed by atoms with Gasteiger partial charge in [-0.2, -0.15) is 5.10 Å². The Balaban J connectivity index is 1.62. The molecule has 142 valence electrons. The first-order valence-corrected chi connectivity index (χ1v) is 8.91. The number of amides is 2. The molecule has 2 amide bonds. The maximum atomic E-state index is 11.8. The van der Waals surface area contributed by atoms with Gasteiger partial charge in [-0.15, -0.1) is 0 Å². The van der Waals surface area contributed by atoms with Gasteiger partial charge in [0.15, 0.2) is 5.65 Å². The topological polar surface area (TPSA) is 97.6 Å². The summed E-state index contributed by atoms with van der Waals surface area (Å²) >= 11 is 0. The summed E-state index contributed by atoms with van der Waals surface area (Å²) in [5.41, 5.74) is 2.49. The first-order valence-electron chi connectivity index (χ1n) is 8.91. The SMILES string of the molecule is CC(C)Oc1cccc(Nc2ccn3ncc(/C=C4\CC(=O)NC4=O)c3n2)c1. The number of imide groups is 1. The van der Waals surface area contributed by atoms with Crippen molar-refractivity contribution in [1.82, 2.24) is 19.9 Å². The molecule has 0 bridgehead atoms. The van der Waals surface area contributed by atoms with Gasteiger partial charge in [0.2, 0.25) is 5.91 Å². The zero-order valence-electron chi connectivity index (χ0n) is 15.5. The van der Waals surface area contributed by atoms with Gasteiger partial charge in [0.1, 0.15) is 11.6 Å². The molecule has 1 aliphatic heterocycles. The molecular weight excluding hydrogens is 358 g/mol. The third-order valence-electron chi connectivity index (χ3n) is 4.10. The third-order valence-corrected chi connectivity index (χ3v) is 4.10. The lowest BCUT2D eigenvalue weighted by Gasteiger charge is -2.12. The molecule has 8 nitrogen and oxygen atoms in total. The van der Waals surface area contributed by atoms with Gasteiger partial charge < -0.3 is 10.1 Å². The normalized spacial score (nSPS) is 15.5. The summed E-state index contributed by atoms with van der Waals surface area (Å²) in [6, 6.07) is 9.44. The van der Waals surface area contributed by atoms with Crippen LogP contribution < -0.4 is 15.4 Å². The molecule has 0 atom stereocenters. The van der Waals surface area contributed by atoms with Gasteiger partial charge in [0, 0.05) is 29.1 Å². The second-order valence-electron chi connectivity index (χ2n) is 6.72. The third kappa shape index (κ3) is 3.71. The zero-order valence-corrected chi connectivity index (χ0v) is 15.5. The van der Waals surface area contributed by atoms with Crippen molar-refractivity contribution in [1.29, 1.82) is 0 Å². The number of carbonyl (C=O) groups excluding carboxylic acids is 2. The van der Waals surface area contributed by atoms with E-state index in [9.17, 15) is 9.59 Å². The van der Waals surface area contributed by atoms with Crippen LogP contribution in [0, 0.1) is 0 Å². The summed E-state index contributed by atoms with van der Waals surface area (Å²) in [6.07, 6.45) is 5.20. The Morgan fingerprint density at radius 3 is 2.89 bits per heavy atom. The van der Waals surface area contributed by atoms with E-state index in [1.165, 1.54) is 0 Å². The number of nitrogens with zero attached hydrogens (tertiary/aromatic N) is 3. The second kappa shape index (κ2) is 7.15. The van der Waals surface area contributed by atoms with E-state index in [-0.39, 0.29) is 24.3 Å². The Morgan fingerprint density at radius 2 is 2.14 bits per heavy atom. The minimum atomic E-state index is -0.374. The molecule has 1 fully saturated rings. The summed E-state index contributed by atoms with van der Waals surface area (Å²) < 4.78 is 7.33. The van der Waals surface area contributed by atoms with Crippen LogP contribution in [-0.4, -0.2) is 32.5 Å². The van der Waals surface area contributed by atoms with Crippen molar-refractivity contribution in [2.75, 3.05) is 5.32 Å². The van der Waals surface area contributed by atoms with Crippen molar-refractivity contribution in [2.45, 2.75) is 26.4 Å². The van der Waals surface area contributed by atoms with Crippen LogP contribution in [0.1, 0.15) is 25.8 Å². The average molecular weight is 377 g/mol. The minimum absolute atomic E-state index is 0.0662. The molecule has 0 spiro atoms. The van der Waals surface area contributed by atoms with Gasteiger partial charge in [0.25, 0.3) is 5.91 Å². The maximum absolute atomic E-state index is 11.8. The molecule has 8 heteroatoms. The Hall–Kier alpha value is -3.68. The molecule has 2 aromatic heterocycles. The van der Waals surface area contributed by atoms with Crippen molar-refractivity contribution in [2.24, 2.45) is 0 Å². The highest BCUT2D eigenvalue weighted by molar-refractivity contribution is 6.15. The summed E-state index contributed by atoms with van der Waals surface area (Å²) in [6.45, 7) is 3.95. The molecule has 28 heavy (non-hydrogen) atoms. The number of rotatable bonds is 5. The maximum Gasteiger partial charge on any atom is 0.254 e. The van der Waals surface area contributed by atoms with E-state index in [0.29, 0.717) is 22.6 Å². The van der Waals surface area contributed by atoms with Crippen molar-refractivity contribution in [3.63, 3.8) is 0 Å². The largest absolute Gasteiger partial charge is 0.491 e. The van der Waals surface area contributed by atoms with Crippen LogP contribution >= 0.6 is 0 Å². The van der Waals surface area contributed by atoms with E-state index >= 15 is 0 Å². The Morgan fingerprint density at radius 1 is 1.29 bits per heavy atom. The summed E-state index contributed by atoms with van der Waals surface area (Å²) in [4.78, 5) is 27.8. The van der Waals surface area contributed by atoms with E-state index < -0.39 is 0 Å². The first-order chi connectivity index (χ1) is 13.5. The molecule has 2 N–H and O–H groups in total. The fourth-order valence-corrected chi connectivity index (χ4v) is 2.93. The molecule has 0 unspecified atom stereocenters. The monoisotopic (exact) mass is 377 g/mol. The van der Waals surface area contributed by atoms with Gasteiger partial charge in [-0.1, -0.05) is 6.07 Å². The number of carbonyl (C=O) groups is 2. The number of hydrogen-bond donors (Lipinski definition) is 2. The Labute approximate surface area is 161 Å². The zero-order chi connectivity index (χ0) is 19.7. The Bertz CT molecular complexity index is 1100. The van der Waals surface area contributed by atoms with Crippen LogP contribution in [0.2, 0.25) is 0 Å². The standard InChI is InChI=1S/C20H19N5O3/c1-12(2)28-16-5-3-4-15(10-16)22-17-6-7-25-19(23-17)14(11-21-25)8-13-9-18(26)24-20(13)27/h3-8,10-12H,9H2,1-2H3,(H,22,23)(H,24,26,27)/b13-8+. The lowest BCUT2D eigenvalue weighted by molar-refractivity contribution is -0.124. The molecular formula is C20H19N5O3. The molecule has 3 heterocycles. The average Bonchev–Trinajstić information content (AvgIpc) is 3.17. The minimum Gasteiger partial charge on any atom is -0.491 e. The quantitative estimate of drug-likeness (QED) is 0.524. The fourth-order valence-electron chi connectivity index (χ4n) is 2.93. The van der Waals surface area contributed by atoms with Crippen LogP contribution in [0.3, 0.4) is 0 Å². The summed E-state index contributed by atoms with van der Waals surface area (Å²) in [5, 5.41) is 9.77. The number of fused-ring (bicyclic) bond motifs is 1. The van der Waals surface area contributed by atoms with Crippen molar-refractivity contribution < 1.29 is 14.3 Å². The van der Waals surface area contributed by atoms with Crippen LogP contribution in [0.15, 0.2) is 48.3 Å². The molecule has 0 aliphatic carbocycles. The molecule has 4 rings (SSSR count). The van der Waals surface area contributed by atoms with Crippen molar-refractivity contribution in [3.05, 3.63) is 53.9 Å². The highest BCUT2D eigenvalue weighted by Gasteiger charge is 2.24. The number of anilines is 2. The number of benzene rings is 1. The van der Waals surface area contributed by atoms with Crippen molar-refractivity contribution >= 4 is 35.0 Å². The highest BCUT2D eigenvalue weighted by Crippen LogP contribution is 2.23. The van der Waals surface area contributed by atoms with Gasteiger partial charge >= 0.3 is 0 Å². The molecule has 0 radical (unpaired) electrons. The molecule has 1 aliphatic rings. The molecule has 0 saturated carbocycles. The van der Waals surface area contributed by atoms with Crippen LogP contribution in [0.4, 0.5) is 11.5 Å². The van der Waals surface area contributed by atoms with E-state index in [1.54, 1.807) is 29.1 Å². The number of nitrogens with one attached hydrogen (secondary N) is 2. The predicted molar refractivity (Wildman–Crippen MR) is 104 cm³/mol. The van der Waals surface area contributed by atoms with Crippen LogP contribution in [-0.2, 0) is 9.59 Å². The fraction of sp³-hybridized carbons (Fsp3) is 0.200.